The second kappa shape index (κ2) is 11.9. The smallest absolute Gasteiger partial charge is 0.118 e. The maximum Gasteiger partial charge on any atom is 0.118 e. The number of halogens is 2. The standard InChI is InChI=1S/C16H17Cl2NO2/c1-3-4-15(18)11-14(12-19)7-9-21-10-8-16(20)6-5-13(2)17/h3,5-8,10-11,20H,1,4,9H2,2H3/b10-8+,13-5+,14-7+,15-11+,16-6+. The number of aliphatic hydroxyl groups excluding tert-OH is 1. The van der Waals surface area contributed by atoms with Gasteiger partial charge in [-0.1, -0.05) is 29.3 Å². The zero-order valence-electron chi connectivity index (χ0n) is 11.7. The van der Waals surface area contributed by atoms with Crippen LogP contribution in [0.15, 0.2) is 70.7 Å². The Bertz CT molecular complexity index is 531. The van der Waals surface area contributed by atoms with Crippen LogP contribution in [0.3, 0.4) is 0 Å². The predicted octanol–water partition coefficient (Wildman–Crippen LogP) is 5.25. The van der Waals surface area contributed by atoms with Crippen LogP contribution in [0.4, 0.5) is 0 Å². The summed E-state index contributed by atoms with van der Waals surface area (Å²) in [7, 11) is 0. The molecule has 0 aliphatic heterocycles. The quantitative estimate of drug-likeness (QED) is 0.218. The molecule has 112 valence electrons. The van der Waals surface area contributed by atoms with Gasteiger partial charge in [-0.2, -0.15) is 5.26 Å². The van der Waals surface area contributed by atoms with Gasteiger partial charge in [-0.25, -0.2) is 0 Å². The van der Waals surface area contributed by atoms with Gasteiger partial charge >= 0.3 is 0 Å². The van der Waals surface area contributed by atoms with Gasteiger partial charge < -0.3 is 9.84 Å². The lowest BCUT2D eigenvalue weighted by atomic mass is 10.2. The molecule has 0 spiro atoms. The van der Waals surface area contributed by atoms with E-state index in [1.807, 2.05) is 6.07 Å². The Morgan fingerprint density at radius 3 is 2.67 bits per heavy atom. The summed E-state index contributed by atoms with van der Waals surface area (Å²) in [6.07, 6.45) is 11.0. The van der Waals surface area contributed by atoms with Crippen LogP contribution in [0.5, 0.6) is 0 Å². The molecule has 0 aromatic rings. The molecule has 0 bridgehead atoms. The van der Waals surface area contributed by atoms with Crippen LogP contribution >= 0.6 is 23.2 Å². The van der Waals surface area contributed by atoms with Crippen LogP contribution in [0.25, 0.3) is 0 Å². The van der Waals surface area contributed by atoms with Crippen molar-refractivity contribution in [1.82, 2.24) is 0 Å². The predicted molar refractivity (Wildman–Crippen MR) is 87.9 cm³/mol. The van der Waals surface area contributed by atoms with Crippen molar-refractivity contribution in [2.24, 2.45) is 0 Å². The van der Waals surface area contributed by atoms with Gasteiger partial charge in [0.25, 0.3) is 0 Å². The van der Waals surface area contributed by atoms with Crippen LogP contribution in [-0.4, -0.2) is 11.7 Å². The van der Waals surface area contributed by atoms with Crippen molar-refractivity contribution >= 4 is 23.2 Å². The number of rotatable bonds is 8. The average Bonchev–Trinajstić information content (AvgIpc) is 2.43. The second-order valence-electron chi connectivity index (χ2n) is 3.84. The number of hydrogen-bond donors (Lipinski definition) is 1. The Balaban J connectivity index is 4.40. The SMILES string of the molecule is C=CC/C(Cl)=C\C(C#N)=C/CO/C=C/C(O)=C\C=C(/C)Cl. The van der Waals surface area contributed by atoms with Gasteiger partial charge in [0.05, 0.1) is 17.9 Å². The molecule has 0 heterocycles. The van der Waals surface area contributed by atoms with Crippen molar-refractivity contribution in [3.8, 4) is 6.07 Å². The number of aliphatic hydroxyl groups is 1. The summed E-state index contributed by atoms with van der Waals surface area (Å²) < 4.78 is 5.13. The van der Waals surface area contributed by atoms with Crippen LogP contribution < -0.4 is 0 Å². The minimum atomic E-state index is 0.00779. The second-order valence-corrected chi connectivity index (χ2v) is 4.92. The first kappa shape index (κ1) is 19.1. The monoisotopic (exact) mass is 325 g/mol. The summed E-state index contributed by atoms with van der Waals surface area (Å²) in [5.41, 5.74) is 0.399. The summed E-state index contributed by atoms with van der Waals surface area (Å²) in [6.45, 7) is 5.45. The van der Waals surface area contributed by atoms with E-state index in [1.54, 1.807) is 31.2 Å². The van der Waals surface area contributed by atoms with Crippen molar-refractivity contribution in [2.75, 3.05) is 6.61 Å². The van der Waals surface area contributed by atoms with Crippen molar-refractivity contribution < 1.29 is 9.84 Å². The molecular weight excluding hydrogens is 309 g/mol. The van der Waals surface area contributed by atoms with Crippen molar-refractivity contribution in [3.05, 3.63) is 70.7 Å². The molecule has 1 N–H and O–H groups in total. The van der Waals surface area contributed by atoms with E-state index in [0.717, 1.165) is 0 Å². The highest BCUT2D eigenvalue weighted by atomic mass is 35.5. The number of hydrogen-bond acceptors (Lipinski definition) is 3. The number of ether oxygens (including phenoxy) is 1. The first-order valence-corrected chi connectivity index (χ1v) is 6.83. The molecule has 3 nitrogen and oxygen atoms in total. The summed E-state index contributed by atoms with van der Waals surface area (Å²) in [5.74, 6) is 0.00779. The molecule has 0 aliphatic rings. The molecule has 0 rings (SSSR count). The molecule has 0 amide bonds. The number of nitrogens with zero attached hydrogens (tertiary/aromatic N) is 1. The number of allylic oxidation sites excluding steroid dienone is 8. The fraction of sp³-hybridized carbons (Fsp3) is 0.188. The Kier molecular flexibility index (Phi) is 10.8. The third-order valence-electron chi connectivity index (χ3n) is 2.00. The summed E-state index contributed by atoms with van der Waals surface area (Å²) in [6, 6.07) is 2.00. The number of nitriles is 1. The lowest BCUT2D eigenvalue weighted by Gasteiger charge is -1.96. The van der Waals surface area contributed by atoms with Gasteiger partial charge in [-0.15, -0.1) is 6.58 Å². The van der Waals surface area contributed by atoms with E-state index in [1.165, 1.54) is 18.4 Å². The van der Waals surface area contributed by atoms with E-state index in [9.17, 15) is 5.11 Å². The molecule has 0 fully saturated rings. The highest BCUT2D eigenvalue weighted by Crippen LogP contribution is 2.11. The molecule has 0 aliphatic carbocycles. The van der Waals surface area contributed by atoms with E-state index in [2.05, 4.69) is 6.58 Å². The molecule has 0 saturated heterocycles. The Morgan fingerprint density at radius 2 is 2.10 bits per heavy atom. The highest BCUT2D eigenvalue weighted by molar-refractivity contribution is 6.30. The largest absolute Gasteiger partial charge is 0.508 e. The molecule has 0 radical (unpaired) electrons. The zero-order chi connectivity index (χ0) is 16.1. The maximum absolute atomic E-state index is 9.42. The van der Waals surface area contributed by atoms with E-state index < -0.39 is 0 Å². The first-order chi connectivity index (χ1) is 9.99. The molecular formula is C16H17Cl2NO2. The summed E-state index contributed by atoms with van der Waals surface area (Å²) >= 11 is 11.5. The Labute approximate surface area is 135 Å². The van der Waals surface area contributed by atoms with Crippen molar-refractivity contribution in [2.45, 2.75) is 13.3 Å². The molecule has 0 atom stereocenters. The third kappa shape index (κ3) is 11.6. The fourth-order valence-corrected chi connectivity index (χ4v) is 1.36. The van der Waals surface area contributed by atoms with Crippen LogP contribution in [0, 0.1) is 11.3 Å². The van der Waals surface area contributed by atoms with Crippen LogP contribution in [-0.2, 0) is 4.74 Å². The lowest BCUT2D eigenvalue weighted by Crippen LogP contribution is -1.85. The third-order valence-corrected chi connectivity index (χ3v) is 2.39. The molecule has 5 heteroatoms. The van der Waals surface area contributed by atoms with Crippen LogP contribution in [0.1, 0.15) is 13.3 Å². The zero-order valence-corrected chi connectivity index (χ0v) is 13.2. The Hall–Kier alpha value is -1.89. The van der Waals surface area contributed by atoms with Gasteiger partial charge in [0.1, 0.15) is 12.4 Å². The van der Waals surface area contributed by atoms with Crippen molar-refractivity contribution in [1.29, 1.82) is 5.26 Å². The molecule has 0 aromatic heterocycles. The van der Waals surface area contributed by atoms with E-state index in [0.29, 0.717) is 22.1 Å². The average molecular weight is 326 g/mol. The van der Waals surface area contributed by atoms with E-state index in [4.69, 9.17) is 33.2 Å². The molecule has 21 heavy (non-hydrogen) atoms. The minimum absolute atomic E-state index is 0.00779. The van der Waals surface area contributed by atoms with Crippen LogP contribution in [0.2, 0.25) is 0 Å². The van der Waals surface area contributed by atoms with Crippen molar-refractivity contribution in [3.63, 3.8) is 0 Å². The maximum atomic E-state index is 9.42. The lowest BCUT2D eigenvalue weighted by molar-refractivity contribution is 0.286. The normalized spacial score (nSPS) is 14.2. The summed E-state index contributed by atoms with van der Waals surface area (Å²) in [4.78, 5) is 0. The first-order valence-electron chi connectivity index (χ1n) is 6.08. The topological polar surface area (TPSA) is 53.2 Å². The van der Waals surface area contributed by atoms with Gasteiger partial charge in [0.15, 0.2) is 0 Å². The highest BCUT2D eigenvalue weighted by Gasteiger charge is 1.93. The van der Waals surface area contributed by atoms with E-state index >= 15 is 0 Å². The molecule has 0 aromatic carbocycles. The van der Waals surface area contributed by atoms with Gasteiger partial charge in [0.2, 0.25) is 0 Å². The van der Waals surface area contributed by atoms with E-state index in [-0.39, 0.29) is 12.4 Å². The van der Waals surface area contributed by atoms with Gasteiger partial charge in [-0.05, 0) is 31.2 Å². The van der Waals surface area contributed by atoms with Gasteiger partial charge in [0, 0.05) is 22.6 Å². The summed E-state index contributed by atoms with van der Waals surface area (Å²) in [5, 5.41) is 19.4. The fourth-order valence-electron chi connectivity index (χ4n) is 1.07. The Morgan fingerprint density at radius 1 is 1.38 bits per heavy atom. The minimum Gasteiger partial charge on any atom is -0.508 e. The molecule has 0 saturated carbocycles. The molecule has 0 unspecified atom stereocenters. The van der Waals surface area contributed by atoms with Gasteiger partial charge in [-0.3, -0.25) is 0 Å².